The van der Waals surface area contributed by atoms with E-state index >= 15 is 0 Å². The molecule has 0 saturated heterocycles. The molecular formula is C10H16N2O2S. The first kappa shape index (κ1) is 12.1. The molecule has 0 bridgehead atoms. The molecule has 0 fully saturated rings. The number of likely N-dealkylation sites (N-methyl/N-ethyl adjacent to an activating group) is 1. The Morgan fingerprint density at radius 1 is 1.67 bits per heavy atom. The molecule has 5 heteroatoms. The lowest BCUT2D eigenvalue weighted by Gasteiger charge is -2.35. The van der Waals surface area contributed by atoms with Crippen LogP contribution in [0.2, 0.25) is 0 Å². The minimum atomic E-state index is -0.872. The lowest BCUT2D eigenvalue weighted by molar-refractivity contribution is -0.149. The summed E-state index contributed by atoms with van der Waals surface area (Å²) in [4.78, 5) is 18.0. The number of hydrogen-bond acceptors (Lipinski definition) is 4. The standard InChI is InChI=1S/C10H16N2O2S/c1-7(8-5-11-6-15-8)12(4)10(2,3)9(13)14/h5-7H,1-4H3,(H,13,14). The molecule has 1 rings (SSSR count). The van der Waals surface area contributed by atoms with Gasteiger partial charge in [0.05, 0.1) is 5.51 Å². The van der Waals surface area contributed by atoms with E-state index in [0.717, 1.165) is 4.88 Å². The van der Waals surface area contributed by atoms with Crippen LogP contribution in [0.3, 0.4) is 0 Å². The number of nitrogens with zero attached hydrogens (tertiary/aromatic N) is 2. The Labute approximate surface area is 93.6 Å². The van der Waals surface area contributed by atoms with Crippen LogP contribution in [0.25, 0.3) is 0 Å². The van der Waals surface area contributed by atoms with E-state index in [1.54, 1.807) is 36.9 Å². The molecule has 1 aromatic rings. The summed E-state index contributed by atoms with van der Waals surface area (Å²) in [7, 11) is 1.82. The molecule has 0 aliphatic heterocycles. The van der Waals surface area contributed by atoms with Crippen molar-refractivity contribution in [3.63, 3.8) is 0 Å². The highest BCUT2D eigenvalue weighted by Crippen LogP contribution is 2.28. The summed E-state index contributed by atoms with van der Waals surface area (Å²) in [5, 5.41) is 9.10. The van der Waals surface area contributed by atoms with Gasteiger partial charge in [-0.15, -0.1) is 11.3 Å². The predicted molar refractivity (Wildman–Crippen MR) is 60.0 cm³/mol. The van der Waals surface area contributed by atoms with Gasteiger partial charge in [0, 0.05) is 17.1 Å². The van der Waals surface area contributed by atoms with Crippen LogP contribution in [-0.4, -0.2) is 33.5 Å². The van der Waals surface area contributed by atoms with E-state index in [-0.39, 0.29) is 6.04 Å². The Hall–Kier alpha value is -0.940. The zero-order valence-corrected chi connectivity index (χ0v) is 10.2. The molecule has 1 atom stereocenters. The maximum Gasteiger partial charge on any atom is 0.323 e. The number of carboxylic acids is 1. The van der Waals surface area contributed by atoms with Gasteiger partial charge in [-0.1, -0.05) is 0 Å². The Morgan fingerprint density at radius 3 is 2.67 bits per heavy atom. The summed E-state index contributed by atoms with van der Waals surface area (Å²) in [6, 6.07) is 0.0589. The molecule has 1 N–H and O–H groups in total. The highest BCUT2D eigenvalue weighted by atomic mass is 32.1. The average Bonchev–Trinajstić information content (AvgIpc) is 2.67. The third-order valence-corrected chi connectivity index (χ3v) is 3.80. The lowest BCUT2D eigenvalue weighted by Crippen LogP contribution is -2.48. The van der Waals surface area contributed by atoms with Crippen molar-refractivity contribution in [1.29, 1.82) is 0 Å². The van der Waals surface area contributed by atoms with Crippen molar-refractivity contribution in [2.75, 3.05) is 7.05 Å². The van der Waals surface area contributed by atoms with E-state index in [0.29, 0.717) is 0 Å². The first-order valence-corrected chi connectivity index (χ1v) is 5.60. The molecule has 0 amide bonds. The SMILES string of the molecule is CC(c1cncs1)N(C)C(C)(C)C(=O)O. The first-order valence-electron chi connectivity index (χ1n) is 4.72. The molecule has 15 heavy (non-hydrogen) atoms. The van der Waals surface area contributed by atoms with E-state index in [4.69, 9.17) is 5.11 Å². The topological polar surface area (TPSA) is 53.4 Å². The largest absolute Gasteiger partial charge is 0.480 e. The van der Waals surface area contributed by atoms with Crippen molar-refractivity contribution < 1.29 is 9.90 Å². The quantitative estimate of drug-likeness (QED) is 0.856. The fourth-order valence-electron chi connectivity index (χ4n) is 1.26. The molecule has 1 unspecified atom stereocenters. The summed E-state index contributed by atoms with van der Waals surface area (Å²) in [5.74, 6) is -0.818. The van der Waals surface area contributed by atoms with Gasteiger partial charge in [-0.3, -0.25) is 14.7 Å². The van der Waals surface area contributed by atoms with Gasteiger partial charge in [0.25, 0.3) is 0 Å². The number of aliphatic carboxylic acids is 1. The normalized spacial score (nSPS) is 14.2. The van der Waals surface area contributed by atoms with Gasteiger partial charge in [-0.05, 0) is 27.8 Å². The maximum absolute atomic E-state index is 11.1. The van der Waals surface area contributed by atoms with Crippen LogP contribution in [0, 0.1) is 0 Å². The number of carbonyl (C=O) groups is 1. The van der Waals surface area contributed by atoms with Gasteiger partial charge in [-0.2, -0.15) is 0 Å². The molecule has 84 valence electrons. The smallest absolute Gasteiger partial charge is 0.323 e. The van der Waals surface area contributed by atoms with Gasteiger partial charge < -0.3 is 5.11 Å². The van der Waals surface area contributed by atoms with Crippen LogP contribution in [-0.2, 0) is 4.79 Å². The van der Waals surface area contributed by atoms with Gasteiger partial charge in [0.2, 0.25) is 0 Å². The van der Waals surface area contributed by atoms with Crippen molar-refractivity contribution in [3.8, 4) is 0 Å². The van der Waals surface area contributed by atoms with Gasteiger partial charge in [-0.25, -0.2) is 0 Å². The minimum absolute atomic E-state index is 0.0589. The molecule has 0 aliphatic rings. The third kappa shape index (κ3) is 2.35. The van der Waals surface area contributed by atoms with Crippen molar-refractivity contribution >= 4 is 17.3 Å². The van der Waals surface area contributed by atoms with Crippen LogP contribution in [0.1, 0.15) is 31.7 Å². The van der Waals surface area contributed by atoms with E-state index in [1.165, 1.54) is 0 Å². The Balaban J connectivity index is 2.85. The van der Waals surface area contributed by atoms with E-state index in [9.17, 15) is 4.79 Å². The summed E-state index contributed by atoms with van der Waals surface area (Å²) >= 11 is 1.54. The van der Waals surface area contributed by atoms with E-state index in [2.05, 4.69) is 4.98 Å². The lowest BCUT2D eigenvalue weighted by atomic mass is 10.0. The monoisotopic (exact) mass is 228 g/mol. The Bertz CT molecular complexity index is 335. The zero-order valence-electron chi connectivity index (χ0n) is 9.39. The number of rotatable bonds is 4. The van der Waals surface area contributed by atoms with Crippen molar-refractivity contribution in [3.05, 3.63) is 16.6 Å². The fourth-order valence-corrected chi connectivity index (χ4v) is 1.98. The molecule has 0 aliphatic carbocycles. The highest BCUT2D eigenvalue weighted by molar-refractivity contribution is 7.09. The van der Waals surface area contributed by atoms with E-state index < -0.39 is 11.5 Å². The second-order valence-corrected chi connectivity index (χ2v) is 4.97. The number of aromatic nitrogens is 1. The summed E-state index contributed by atoms with van der Waals surface area (Å²) in [6.45, 7) is 5.39. The molecule has 0 radical (unpaired) electrons. The Kier molecular flexibility index (Phi) is 3.46. The molecule has 1 heterocycles. The van der Waals surface area contributed by atoms with Crippen LogP contribution < -0.4 is 0 Å². The molecular weight excluding hydrogens is 212 g/mol. The second kappa shape index (κ2) is 4.28. The zero-order chi connectivity index (χ0) is 11.6. The van der Waals surface area contributed by atoms with Crippen LogP contribution in [0.5, 0.6) is 0 Å². The average molecular weight is 228 g/mol. The molecule has 0 saturated carbocycles. The Morgan fingerprint density at radius 2 is 2.27 bits per heavy atom. The molecule has 1 aromatic heterocycles. The van der Waals surface area contributed by atoms with Crippen LogP contribution in [0.4, 0.5) is 0 Å². The van der Waals surface area contributed by atoms with E-state index in [1.807, 2.05) is 18.9 Å². The summed E-state index contributed by atoms with van der Waals surface area (Å²) in [5.41, 5.74) is 0.886. The van der Waals surface area contributed by atoms with Gasteiger partial charge in [0.1, 0.15) is 5.54 Å². The summed E-state index contributed by atoms with van der Waals surface area (Å²) < 4.78 is 0. The molecule has 4 nitrogen and oxygen atoms in total. The minimum Gasteiger partial charge on any atom is -0.480 e. The fraction of sp³-hybridized carbons (Fsp3) is 0.600. The van der Waals surface area contributed by atoms with Crippen LogP contribution >= 0.6 is 11.3 Å². The second-order valence-electron chi connectivity index (χ2n) is 4.05. The molecule has 0 spiro atoms. The van der Waals surface area contributed by atoms with Crippen molar-refractivity contribution in [1.82, 2.24) is 9.88 Å². The van der Waals surface area contributed by atoms with Gasteiger partial charge >= 0.3 is 5.97 Å². The van der Waals surface area contributed by atoms with Crippen molar-refractivity contribution in [2.24, 2.45) is 0 Å². The van der Waals surface area contributed by atoms with Crippen LogP contribution in [0.15, 0.2) is 11.7 Å². The predicted octanol–water partition coefficient (Wildman–Crippen LogP) is 2.00. The summed E-state index contributed by atoms with van der Waals surface area (Å²) in [6.07, 6.45) is 1.78. The number of thiazole rings is 1. The molecule has 0 aromatic carbocycles. The number of carboxylic acid groups (broad SMARTS) is 1. The maximum atomic E-state index is 11.1. The first-order chi connectivity index (χ1) is 6.87. The van der Waals surface area contributed by atoms with Crippen molar-refractivity contribution in [2.45, 2.75) is 32.4 Å². The number of hydrogen-bond donors (Lipinski definition) is 1. The highest BCUT2D eigenvalue weighted by Gasteiger charge is 2.35. The third-order valence-electron chi connectivity index (χ3n) is 2.85. The van der Waals surface area contributed by atoms with Gasteiger partial charge in [0.15, 0.2) is 0 Å².